The second-order valence-corrected chi connectivity index (χ2v) is 6.68. The molecule has 1 aliphatic carbocycles. The Bertz CT molecular complexity index is 705. The normalized spacial score (nSPS) is 22.3. The lowest BCUT2D eigenvalue weighted by molar-refractivity contribution is -0.127. The van der Waals surface area contributed by atoms with Gasteiger partial charge in [-0.25, -0.2) is 4.98 Å². The molecule has 0 spiro atoms. The Hall–Kier alpha value is -2.38. The molecule has 3 rings (SSSR count). The van der Waals surface area contributed by atoms with E-state index in [1.807, 2.05) is 35.0 Å². The van der Waals surface area contributed by atoms with Crippen LogP contribution in [0, 0.1) is 5.92 Å². The van der Waals surface area contributed by atoms with Crippen LogP contribution in [0.25, 0.3) is 0 Å². The summed E-state index contributed by atoms with van der Waals surface area (Å²) < 4.78 is 12.6. The highest BCUT2D eigenvalue weighted by molar-refractivity contribution is 5.77. The SMILES string of the molecule is COc1cccc(COCC(=O)N[C@@H]2CC(Cn3ccnc3)C[C@H]2O)c1. The quantitative estimate of drug-likeness (QED) is 0.743. The zero-order valence-electron chi connectivity index (χ0n) is 14.9. The highest BCUT2D eigenvalue weighted by Gasteiger charge is 2.33. The first-order valence-corrected chi connectivity index (χ1v) is 8.78. The third-order valence-electron chi connectivity index (χ3n) is 4.64. The molecule has 1 amide bonds. The number of rotatable bonds is 8. The van der Waals surface area contributed by atoms with Crippen LogP contribution < -0.4 is 10.1 Å². The highest BCUT2D eigenvalue weighted by atomic mass is 16.5. The second kappa shape index (κ2) is 8.82. The lowest BCUT2D eigenvalue weighted by atomic mass is 10.1. The van der Waals surface area contributed by atoms with Crippen molar-refractivity contribution in [3.63, 3.8) is 0 Å². The molecule has 7 heteroatoms. The number of nitrogens with one attached hydrogen (secondary N) is 1. The maximum absolute atomic E-state index is 12.1. The third-order valence-corrected chi connectivity index (χ3v) is 4.64. The fraction of sp³-hybridized carbons (Fsp3) is 0.474. The van der Waals surface area contributed by atoms with Crippen LogP contribution in [0.5, 0.6) is 5.75 Å². The van der Waals surface area contributed by atoms with E-state index in [-0.39, 0.29) is 18.6 Å². The maximum Gasteiger partial charge on any atom is 0.246 e. The molecule has 0 bridgehead atoms. The molecule has 1 aromatic carbocycles. The molecular weight excluding hydrogens is 334 g/mol. The number of carbonyl (C=O) groups is 1. The van der Waals surface area contributed by atoms with Crippen molar-refractivity contribution in [2.24, 2.45) is 5.92 Å². The lowest BCUT2D eigenvalue weighted by Crippen LogP contribution is -2.41. The molecule has 1 aromatic heterocycles. The van der Waals surface area contributed by atoms with Gasteiger partial charge < -0.3 is 24.5 Å². The summed E-state index contributed by atoms with van der Waals surface area (Å²) >= 11 is 0. The van der Waals surface area contributed by atoms with E-state index in [1.165, 1.54) is 0 Å². The summed E-state index contributed by atoms with van der Waals surface area (Å²) in [6.45, 7) is 1.10. The van der Waals surface area contributed by atoms with Gasteiger partial charge in [0.2, 0.25) is 5.91 Å². The molecule has 1 saturated carbocycles. The van der Waals surface area contributed by atoms with E-state index in [4.69, 9.17) is 9.47 Å². The van der Waals surface area contributed by atoms with E-state index in [0.717, 1.165) is 24.3 Å². The first-order valence-electron chi connectivity index (χ1n) is 8.78. The summed E-state index contributed by atoms with van der Waals surface area (Å²) in [4.78, 5) is 16.1. The lowest BCUT2D eigenvalue weighted by Gasteiger charge is -2.16. The van der Waals surface area contributed by atoms with Gasteiger partial charge in [-0.1, -0.05) is 12.1 Å². The Labute approximate surface area is 153 Å². The van der Waals surface area contributed by atoms with Crippen LogP contribution in [0.3, 0.4) is 0 Å². The van der Waals surface area contributed by atoms with E-state index >= 15 is 0 Å². The zero-order valence-corrected chi connectivity index (χ0v) is 14.9. The summed E-state index contributed by atoms with van der Waals surface area (Å²) in [5.41, 5.74) is 0.943. The average Bonchev–Trinajstić information content (AvgIpc) is 3.25. The molecule has 0 radical (unpaired) electrons. The Balaban J connectivity index is 1.40. The number of ether oxygens (including phenoxy) is 2. The largest absolute Gasteiger partial charge is 0.497 e. The molecule has 1 unspecified atom stereocenters. The van der Waals surface area contributed by atoms with Crippen molar-refractivity contribution in [1.82, 2.24) is 14.9 Å². The van der Waals surface area contributed by atoms with Crippen LogP contribution in [0.2, 0.25) is 0 Å². The minimum Gasteiger partial charge on any atom is -0.497 e. The molecule has 140 valence electrons. The summed E-state index contributed by atoms with van der Waals surface area (Å²) in [6.07, 6.45) is 6.32. The Morgan fingerprint density at radius 2 is 2.31 bits per heavy atom. The third kappa shape index (κ3) is 5.06. The Morgan fingerprint density at radius 3 is 3.08 bits per heavy atom. The van der Waals surface area contributed by atoms with Crippen LogP contribution in [-0.4, -0.2) is 46.4 Å². The summed E-state index contributed by atoms with van der Waals surface area (Å²) in [7, 11) is 1.61. The number of methoxy groups -OCH3 is 1. The van der Waals surface area contributed by atoms with E-state index < -0.39 is 6.10 Å². The first kappa shape index (κ1) is 18.4. The number of nitrogens with zero attached hydrogens (tertiary/aromatic N) is 2. The van der Waals surface area contributed by atoms with Gasteiger partial charge in [0.15, 0.2) is 0 Å². The van der Waals surface area contributed by atoms with Gasteiger partial charge in [0.05, 0.1) is 32.2 Å². The topological polar surface area (TPSA) is 85.6 Å². The number of aliphatic hydroxyl groups is 1. The van der Waals surface area contributed by atoms with Crippen molar-refractivity contribution < 1.29 is 19.4 Å². The van der Waals surface area contributed by atoms with E-state index in [1.54, 1.807) is 19.6 Å². The summed E-state index contributed by atoms with van der Waals surface area (Å²) in [5, 5.41) is 13.1. The van der Waals surface area contributed by atoms with Crippen molar-refractivity contribution >= 4 is 5.91 Å². The molecule has 2 N–H and O–H groups in total. The molecule has 3 atom stereocenters. The Kier molecular flexibility index (Phi) is 6.25. The number of hydrogen-bond donors (Lipinski definition) is 2. The van der Waals surface area contributed by atoms with Gasteiger partial charge in [0.1, 0.15) is 12.4 Å². The first-order chi connectivity index (χ1) is 12.6. The van der Waals surface area contributed by atoms with Crippen molar-refractivity contribution in [3.05, 3.63) is 48.5 Å². The molecule has 1 fully saturated rings. The number of carbonyl (C=O) groups excluding carboxylic acids is 1. The molecule has 1 aliphatic rings. The predicted octanol–water partition coefficient (Wildman–Crippen LogP) is 1.36. The van der Waals surface area contributed by atoms with Gasteiger partial charge in [-0.2, -0.15) is 0 Å². The highest BCUT2D eigenvalue weighted by Crippen LogP contribution is 2.27. The van der Waals surface area contributed by atoms with Crippen LogP contribution in [0.15, 0.2) is 43.0 Å². The van der Waals surface area contributed by atoms with Crippen molar-refractivity contribution in [2.75, 3.05) is 13.7 Å². The van der Waals surface area contributed by atoms with Gasteiger partial charge in [-0.15, -0.1) is 0 Å². The Morgan fingerprint density at radius 1 is 1.42 bits per heavy atom. The maximum atomic E-state index is 12.1. The molecule has 7 nitrogen and oxygen atoms in total. The molecule has 1 heterocycles. The van der Waals surface area contributed by atoms with Crippen molar-refractivity contribution in [1.29, 1.82) is 0 Å². The van der Waals surface area contributed by atoms with Crippen LogP contribution in [-0.2, 0) is 22.7 Å². The average molecular weight is 359 g/mol. The van der Waals surface area contributed by atoms with E-state index in [2.05, 4.69) is 10.3 Å². The molecule has 2 aromatic rings. The summed E-state index contributed by atoms with van der Waals surface area (Å²) in [5.74, 6) is 0.871. The van der Waals surface area contributed by atoms with Crippen LogP contribution in [0.1, 0.15) is 18.4 Å². The second-order valence-electron chi connectivity index (χ2n) is 6.68. The molecular formula is C19H25N3O4. The number of imidazole rings is 1. The van der Waals surface area contributed by atoms with Crippen LogP contribution >= 0.6 is 0 Å². The minimum absolute atomic E-state index is 0.0351. The van der Waals surface area contributed by atoms with Gasteiger partial charge in [0, 0.05) is 18.9 Å². The van der Waals surface area contributed by atoms with E-state index in [9.17, 15) is 9.90 Å². The van der Waals surface area contributed by atoms with Crippen LogP contribution in [0.4, 0.5) is 0 Å². The van der Waals surface area contributed by atoms with Gasteiger partial charge in [0.25, 0.3) is 0 Å². The number of aromatic nitrogens is 2. The zero-order chi connectivity index (χ0) is 18.4. The number of aliphatic hydroxyl groups excluding tert-OH is 1. The van der Waals surface area contributed by atoms with Gasteiger partial charge in [-0.05, 0) is 36.5 Å². The molecule has 26 heavy (non-hydrogen) atoms. The van der Waals surface area contributed by atoms with Crippen molar-refractivity contribution in [3.8, 4) is 5.75 Å². The molecule has 0 aliphatic heterocycles. The molecule has 0 saturated heterocycles. The van der Waals surface area contributed by atoms with E-state index in [0.29, 0.717) is 18.9 Å². The monoisotopic (exact) mass is 359 g/mol. The van der Waals surface area contributed by atoms with Crippen molar-refractivity contribution in [2.45, 2.75) is 38.1 Å². The predicted molar refractivity (Wildman–Crippen MR) is 95.5 cm³/mol. The van der Waals surface area contributed by atoms with Gasteiger partial charge >= 0.3 is 0 Å². The minimum atomic E-state index is -0.522. The number of amides is 1. The standard InChI is InChI=1S/C19H25N3O4/c1-25-16-4-2-3-14(7-16)11-26-12-19(24)21-17-8-15(9-18(17)23)10-22-6-5-20-13-22/h2-7,13,15,17-18,23H,8-12H2,1H3,(H,21,24)/t15?,17-,18-/m1/s1. The summed E-state index contributed by atoms with van der Waals surface area (Å²) in [6, 6.07) is 7.31. The fourth-order valence-electron chi connectivity index (χ4n) is 3.39. The van der Waals surface area contributed by atoms with Gasteiger partial charge in [-0.3, -0.25) is 4.79 Å². The smallest absolute Gasteiger partial charge is 0.246 e. The number of hydrogen-bond acceptors (Lipinski definition) is 5. The number of benzene rings is 1. The fourth-order valence-corrected chi connectivity index (χ4v) is 3.39.